The van der Waals surface area contributed by atoms with Gasteiger partial charge in [0.1, 0.15) is 0 Å². The molecule has 2 fully saturated rings. The highest BCUT2D eigenvalue weighted by molar-refractivity contribution is 6.34. The van der Waals surface area contributed by atoms with Gasteiger partial charge in [-0.25, -0.2) is 14.2 Å². The van der Waals surface area contributed by atoms with Gasteiger partial charge in [-0.1, -0.05) is 11.6 Å². The minimum absolute atomic E-state index is 0.0633. The van der Waals surface area contributed by atoms with Crippen molar-refractivity contribution in [3.05, 3.63) is 64.6 Å². The Labute approximate surface area is 282 Å². The van der Waals surface area contributed by atoms with Crippen LogP contribution in [0.4, 0.5) is 23.2 Å². The first kappa shape index (κ1) is 37.1. The third-order valence-electron chi connectivity index (χ3n) is 7.85. The van der Waals surface area contributed by atoms with Crippen LogP contribution in [0, 0.1) is 11.6 Å². The lowest BCUT2D eigenvalue weighted by atomic mass is 10.1. The van der Waals surface area contributed by atoms with Gasteiger partial charge in [0.15, 0.2) is 17.4 Å². The van der Waals surface area contributed by atoms with Crippen LogP contribution in [0.3, 0.4) is 0 Å². The van der Waals surface area contributed by atoms with E-state index in [-0.39, 0.29) is 45.2 Å². The van der Waals surface area contributed by atoms with Gasteiger partial charge in [-0.2, -0.15) is 13.2 Å². The lowest BCUT2D eigenvalue weighted by Crippen LogP contribution is -2.54. The highest BCUT2D eigenvalue weighted by Gasteiger charge is 2.34. The molecule has 0 radical (unpaired) electrons. The fourth-order valence-corrected chi connectivity index (χ4v) is 5.40. The van der Waals surface area contributed by atoms with Gasteiger partial charge in [-0.3, -0.25) is 14.4 Å². The topological polar surface area (TPSA) is 166 Å². The monoisotopic (exact) mass is 712 g/mol. The van der Waals surface area contributed by atoms with Gasteiger partial charge in [-0.05, 0) is 36.8 Å². The minimum atomic E-state index is -3.58. The summed E-state index contributed by atoms with van der Waals surface area (Å²) in [7, 11) is 2.72. The van der Waals surface area contributed by atoms with Gasteiger partial charge >= 0.3 is 11.9 Å². The average molecular weight is 713 g/mol. The number of β-amino-alcohol motifs (C(OH)–C–C–N with tert-alkyl or cyclic N) is 1. The van der Waals surface area contributed by atoms with E-state index in [1.807, 2.05) is 0 Å². The largest absolute Gasteiger partial charge is 0.494 e. The maximum Gasteiger partial charge on any atom is 0.374 e. The van der Waals surface area contributed by atoms with Crippen molar-refractivity contribution >= 4 is 41.0 Å². The molecule has 1 unspecified atom stereocenters. The highest BCUT2D eigenvalue weighted by Crippen LogP contribution is 2.30. The first-order valence-corrected chi connectivity index (χ1v) is 15.2. The summed E-state index contributed by atoms with van der Waals surface area (Å²) < 4.78 is 57.5. The predicted octanol–water partition coefficient (Wildman–Crippen LogP) is 3.01. The summed E-state index contributed by atoms with van der Waals surface area (Å²) in [5.74, 6) is -9.28. The summed E-state index contributed by atoms with van der Waals surface area (Å²) in [5.41, 5.74) is 0.630. The number of ether oxygens (including phenoxy) is 1. The summed E-state index contributed by atoms with van der Waals surface area (Å²) in [4.78, 5) is 55.4. The zero-order chi connectivity index (χ0) is 36.2. The number of piperazine rings is 1. The van der Waals surface area contributed by atoms with Gasteiger partial charge in [0.2, 0.25) is 11.7 Å². The van der Waals surface area contributed by atoms with Crippen LogP contribution in [0.1, 0.15) is 34.3 Å². The molecule has 0 bridgehead atoms. The van der Waals surface area contributed by atoms with Gasteiger partial charge in [0.25, 0.3) is 11.8 Å². The van der Waals surface area contributed by atoms with Crippen molar-refractivity contribution in [2.45, 2.75) is 31.4 Å². The number of amides is 3. The number of anilines is 1. The van der Waals surface area contributed by atoms with Crippen LogP contribution in [0.5, 0.6) is 5.75 Å². The van der Waals surface area contributed by atoms with Gasteiger partial charge in [0.05, 0.1) is 41.7 Å². The zero-order valence-electron chi connectivity index (χ0n) is 26.5. The molecular weight excluding hydrogens is 680 g/mol. The molecule has 0 aliphatic carbocycles. The lowest BCUT2D eigenvalue weighted by molar-refractivity contribution is -0.161. The summed E-state index contributed by atoms with van der Waals surface area (Å²) in [5, 5.41) is 23.0. The normalized spacial score (nSPS) is 17.7. The fourth-order valence-electron chi connectivity index (χ4n) is 5.14. The van der Waals surface area contributed by atoms with Crippen LogP contribution < -0.4 is 15.4 Å². The molecule has 0 spiro atoms. The maximum absolute atomic E-state index is 14.6. The van der Waals surface area contributed by atoms with Crippen LogP contribution in [-0.4, -0.2) is 111 Å². The second kappa shape index (κ2) is 15.2. The molecule has 3 aromatic rings. The van der Waals surface area contributed by atoms with Crippen LogP contribution in [0.2, 0.25) is 5.02 Å². The quantitative estimate of drug-likeness (QED) is 0.270. The number of aliphatic carboxylic acids is 1. The van der Waals surface area contributed by atoms with Crippen molar-refractivity contribution in [3.63, 3.8) is 0 Å². The molecular formula is C31H33ClF4N6O7. The van der Waals surface area contributed by atoms with Crippen molar-refractivity contribution < 1.29 is 51.7 Å². The summed E-state index contributed by atoms with van der Waals surface area (Å²) in [6.45, 7) is 2.10. The SMILES string of the molecule is CC(F)(F)C(=O)O.COc1ccc(-c2cnc(C(=O)Nc3ccc(C(=O)N4CCN(C(=O)[C@@H]5CC(O)CN5)CC4)c(Cl)c3)n2C)c(F)c1F. The number of hydrogen-bond donors (Lipinski definition) is 4. The Morgan fingerprint density at radius 3 is 2.24 bits per heavy atom. The molecule has 13 nitrogen and oxygen atoms in total. The lowest BCUT2D eigenvalue weighted by Gasteiger charge is -2.36. The van der Waals surface area contributed by atoms with Crippen molar-refractivity contribution in [2.24, 2.45) is 7.05 Å². The number of benzene rings is 2. The number of carbonyl (C=O) groups is 4. The second-order valence-electron chi connectivity index (χ2n) is 11.3. The van der Waals surface area contributed by atoms with E-state index in [1.165, 1.54) is 55.3 Å². The molecule has 3 amide bonds. The number of aromatic nitrogens is 2. The number of hydrogen-bond acceptors (Lipinski definition) is 8. The second-order valence-corrected chi connectivity index (χ2v) is 11.7. The predicted molar refractivity (Wildman–Crippen MR) is 168 cm³/mol. The van der Waals surface area contributed by atoms with Crippen molar-refractivity contribution in [1.29, 1.82) is 0 Å². The molecule has 4 N–H and O–H groups in total. The fraction of sp³-hybridized carbons (Fsp3) is 0.387. The standard InChI is InChI=1S/C28H29ClF2N6O5.C3H4F2O2/c1-35-21(18-5-6-22(42-2)24(31)23(18)30)14-33-25(35)26(39)34-15-3-4-17(19(29)11-15)27(40)36-7-9-37(10-8-36)28(41)20-12-16(38)13-32-20;1-3(4,5)2(6)7/h3-6,11,14,16,20,32,38H,7-10,12-13H2,1-2H3,(H,34,39);1H3,(H,6,7)/t16?,20-;/m0./s1. The number of carbonyl (C=O) groups excluding carboxylic acids is 3. The van der Waals surface area contributed by atoms with E-state index in [0.717, 1.165) is 0 Å². The molecule has 5 rings (SSSR count). The van der Waals surface area contributed by atoms with E-state index in [2.05, 4.69) is 15.6 Å². The van der Waals surface area contributed by atoms with E-state index in [1.54, 1.807) is 9.80 Å². The van der Waals surface area contributed by atoms with Crippen LogP contribution >= 0.6 is 11.6 Å². The van der Waals surface area contributed by atoms with Crippen LogP contribution in [0.15, 0.2) is 36.5 Å². The number of carboxylic acid groups (broad SMARTS) is 1. The third-order valence-corrected chi connectivity index (χ3v) is 8.16. The van der Waals surface area contributed by atoms with Gasteiger partial charge in [0, 0.05) is 57.9 Å². The van der Waals surface area contributed by atoms with E-state index in [0.29, 0.717) is 51.8 Å². The Kier molecular flexibility index (Phi) is 11.5. The first-order valence-electron chi connectivity index (χ1n) is 14.8. The van der Waals surface area contributed by atoms with Crippen molar-refractivity contribution in [3.8, 4) is 17.0 Å². The molecule has 2 atom stereocenters. The van der Waals surface area contributed by atoms with E-state index in [9.17, 15) is 41.8 Å². The molecule has 2 aliphatic rings. The van der Waals surface area contributed by atoms with Gasteiger partial charge in [-0.15, -0.1) is 0 Å². The van der Waals surface area contributed by atoms with Gasteiger partial charge < -0.3 is 40.0 Å². The molecule has 264 valence electrons. The summed E-state index contributed by atoms with van der Waals surface area (Å²) in [6.07, 6.45) is 1.10. The molecule has 1 aromatic heterocycles. The number of nitrogens with zero attached hydrogens (tertiary/aromatic N) is 4. The molecule has 0 saturated carbocycles. The number of aliphatic hydroxyl groups is 1. The Bertz CT molecular complexity index is 1740. The highest BCUT2D eigenvalue weighted by atomic mass is 35.5. The molecule has 3 heterocycles. The number of rotatable bonds is 7. The number of methoxy groups -OCH3 is 1. The smallest absolute Gasteiger partial charge is 0.374 e. The van der Waals surface area contributed by atoms with Crippen molar-refractivity contribution in [2.75, 3.05) is 45.2 Å². The Balaban J connectivity index is 0.000000698. The molecule has 2 saturated heterocycles. The Hall–Kier alpha value is -4.74. The molecule has 2 aromatic carbocycles. The number of carboxylic acids is 1. The average Bonchev–Trinajstić information content (AvgIpc) is 3.67. The molecule has 18 heteroatoms. The van der Waals surface area contributed by atoms with E-state index >= 15 is 0 Å². The van der Waals surface area contributed by atoms with E-state index in [4.69, 9.17) is 21.4 Å². The summed E-state index contributed by atoms with van der Waals surface area (Å²) in [6, 6.07) is 6.67. The van der Waals surface area contributed by atoms with E-state index < -0.39 is 41.6 Å². The molecule has 49 heavy (non-hydrogen) atoms. The number of aliphatic hydroxyl groups excluding tert-OH is 1. The maximum atomic E-state index is 14.6. The molecule has 2 aliphatic heterocycles. The number of halogens is 5. The summed E-state index contributed by atoms with van der Waals surface area (Å²) >= 11 is 6.42. The minimum Gasteiger partial charge on any atom is -0.494 e. The van der Waals surface area contributed by atoms with Crippen LogP contribution in [0.25, 0.3) is 11.3 Å². The Morgan fingerprint density at radius 2 is 1.69 bits per heavy atom. The number of imidazole rings is 1. The third kappa shape index (κ3) is 8.47. The number of nitrogens with one attached hydrogen (secondary N) is 2. The van der Waals surface area contributed by atoms with Crippen molar-refractivity contribution in [1.82, 2.24) is 24.7 Å². The zero-order valence-corrected chi connectivity index (χ0v) is 27.2. The Morgan fingerprint density at radius 1 is 1.06 bits per heavy atom. The number of alkyl halides is 2. The first-order chi connectivity index (χ1) is 23.0. The van der Waals surface area contributed by atoms with Crippen LogP contribution in [-0.2, 0) is 16.6 Å².